The lowest BCUT2D eigenvalue weighted by Gasteiger charge is -2.40. The van der Waals surface area contributed by atoms with Gasteiger partial charge >= 0.3 is 0 Å². The summed E-state index contributed by atoms with van der Waals surface area (Å²) in [5, 5.41) is 0. The minimum absolute atomic E-state index is 0.0000823. The molecule has 0 fully saturated rings. The van der Waals surface area contributed by atoms with E-state index in [1.54, 1.807) is 0 Å². The molecular weight excluding hydrogens is 590 g/mol. The highest BCUT2D eigenvalue weighted by atomic mass is 33.4. The monoisotopic (exact) mass is 608 g/mol. The van der Waals surface area contributed by atoms with Gasteiger partial charge in [0.15, 0.2) is 0 Å². The van der Waals surface area contributed by atoms with Crippen LogP contribution in [-0.2, 0) is 11.8 Å². The summed E-state index contributed by atoms with van der Waals surface area (Å²) in [6.45, 7) is 0.172. The molecule has 12 atom stereocenters. The number of hydrogen-bond acceptors (Lipinski definition) is 1. The summed E-state index contributed by atoms with van der Waals surface area (Å²) in [5.41, 5.74) is 0. The largest absolute Gasteiger partial charge is 0.102 e. The molecule has 0 aromatic carbocycles. The van der Waals surface area contributed by atoms with Gasteiger partial charge in [0.1, 0.15) is 0 Å². The molecule has 0 N–H and O–H groups in total. The van der Waals surface area contributed by atoms with Crippen LogP contribution in [0.25, 0.3) is 0 Å². The van der Waals surface area contributed by atoms with Crippen LogP contribution < -0.4 is 0 Å². The minimum Gasteiger partial charge on any atom is -0.102 e. The Hall–Kier alpha value is 7.83. The molecule has 0 aliphatic heterocycles. The van der Waals surface area contributed by atoms with Gasteiger partial charge in [0.25, 0.3) is 0 Å². The van der Waals surface area contributed by atoms with Crippen molar-refractivity contribution in [2.75, 3.05) is 0 Å². The molecule has 0 saturated heterocycles. The standard InChI is InChI=1S/H18P18S/c1-11(2)15(9)18(14(7)8)16(10-19)17(12(3)4)13(5)6/h1-9H2. The molecule has 0 spiro atoms. The van der Waals surface area contributed by atoms with E-state index in [2.05, 4.69) is 80.4 Å². The third-order valence-corrected chi connectivity index (χ3v) is 116. The fourth-order valence-corrected chi connectivity index (χ4v) is 198. The molecule has 12 unspecified atom stereocenters. The van der Waals surface area contributed by atoms with Gasteiger partial charge in [0, 0.05) is 21.0 Å². The van der Waals surface area contributed by atoms with Crippen LogP contribution in [0, 0.1) is 0 Å². The van der Waals surface area contributed by atoms with Crippen molar-refractivity contribution < 1.29 is 0 Å². The van der Waals surface area contributed by atoms with E-state index in [1.807, 2.05) is 0 Å². The first-order valence-electron chi connectivity index (χ1n) is 4.11. The van der Waals surface area contributed by atoms with Crippen LogP contribution in [0.15, 0.2) is 0 Å². The van der Waals surface area contributed by atoms with Gasteiger partial charge in [0.2, 0.25) is 0 Å². The van der Waals surface area contributed by atoms with Gasteiger partial charge in [-0.25, -0.2) is 0 Å². The van der Waals surface area contributed by atoms with Gasteiger partial charge < -0.3 is 0 Å². The van der Waals surface area contributed by atoms with Gasteiger partial charge in [-0.15, -0.1) is 80.4 Å². The van der Waals surface area contributed by atoms with Crippen LogP contribution in [0.4, 0.5) is 0 Å². The normalized spacial score (nSPS) is 18.0. The lowest BCUT2D eigenvalue weighted by molar-refractivity contribution is 4.54. The van der Waals surface area contributed by atoms with Crippen molar-refractivity contribution in [3.8, 4) is 0 Å². The smallest absolute Gasteiger partial charge is 0.0290 e. The van der Waals surface area contributed by atoms with Crippen molar-refractivity contribution in [1.29, 1.82) is 0 Å². The van der Waals surface area contributed by atoms with Gasteiger partial charge in [-0.2, -0.15) is 0 Å². The Kier molecular flexibility index (Phi) is 20.9. The SMILES string of the molecule is PP(P)P(P)P(P(P)P)P(P=S)P(P(P)P)P(P)P. The van der Waals surface area contributed by atoms with Crippen molar-refractivity contribution in [3.63, 3.8) is 0 Å². The third kappa shape index (κ3) is 10.2. The zero-order valence-electron chi connectivity index (χ0n) is 9.63. The molecule has 19 heteroatoms. The van der Waals surface area contributed by atoms with Crippen molar-refractivity contribution in [1.82, 2.24) is 0 Å². The average molecular weight is 608 g/mol. The number of hydrogen-bond donors (Lipinski definition) is 0. The predicted molar refractivity (Wildman–Crippen MR) is 157 cm³/mol. The summed E-state index contributed by atoms with van der Waals surface area (Å²) in [4.78, 5) is 0. The Labute approximate surface area is 154 Å². The predicted octanol–water partition coefficient (Wildman–Crippen LogP) is 10.7. The fraction of sp³-hybridized carbons (Fsp3) is 0. The van der Waals surface area contributed by atoms with Gasteiger partial charge in [-0.3, -0.25) is 0 Å². The van der Waals surface area contributed by atoms with Crippen LogP contribution in [0.3, 0.4) is 0 Å². The lowest BCUT2D eigenvalue weighted by atomic mass is 28.6. The summed E-state index contributed by atoms with van der Waals surface area (Å²) >= 11 is 5.59. The van der Waals surface area contributed by atoms with E-state index in [1.165, 1.54) is 7.04 Å². The summed E-state index contributed by atoms with van der Waals surface area (Å²) in [6.07, 6.45) is 0. The molecule has 0 saturated carbocycles. The Morgan fingerprint density at radius 2 is 0.947 bits per heavy atom. The molecule has 0 bridgehead atoms. The van der Waals surface area contributed by atoms with Crippen LogP contribution in [0.5, 0.6) is 0 Å². The topological polar surface area (TPSA) is 0 Å². The highest BCUT2D eigenvalue weighted by Crippen LogP contribution is 3.26. The van der Waals surface area contributed by atoms with Crippen molar-refractivity contribution in [3.05, 3.63) is 0 Å². The minimum atomic E-state index is -0.0122. The summed E-state index contributed by atoms with van der Waals surface area (Å²) < 4.78 is 0. The Morgan fingerprint density at radius 3 is 1.16 bits per heavy atom. The van der Waals surface area contributed by atoms with E-state index < -0.39 is 0 Å². The molecule has 0 aromatic rings. The van der Waals surface area contributed by atoms with Crippen molar-refractivity contribution in [2.45, 2.75) is 0 Å². The van der Waals surface area contributed by atoms with Crippen LogP contribution in [0.1, 0.15) is 0 Å². The van der Waals surface area contributed by atoms with E-state index in [-0.39, 0.29) is 55.9 Å². The quantitative estimate of drug-likeness (QED) is 0.247. The van der Waals surface area contributed by atoms with Crippen LogP contribution in [0.2, 0.25) is 0 Å². The summed E-state index contributed by atoms with van der Waals surface area (Å²) in [7, 11) is 29.1. The molecule has 114 valence electrons. The molecule has 0 aromatic heterocycles. The average Bonchev–Trinajstić information content (AvgIpc) is 2.25. The van der Waals surface area contributed by atoms with E-state index in [9.17, 15) is 0 Å². The Bertz CT molecular complexity index is 244. The molecule has 0 rings (SSSR count). The highest BCUT2D eigenvalue weighted by molar-refractivity contribution is 9.32. The van der Waals surface area contributed by atoms with Crippen molar-refractivity contribution >= 4 is 155 Å². The molecule has 0 amide bonds. The summed E-state index contributed by atoms with van der Waals surface area (Å²) in [5.74, 6) is 0. The number of rotatable bonds is 8. The third-order valence-electron chi connectivity index (χ3n) is 1.43. The molecule has 19 heavy (non-hydrogen) atoms. The molecule has 0 nitrogen and oxygen atoms in total. The summed E-state index contributed by atoms with van der Waals surface area (Å²) in [6, 6.07) is 0. The maximum absolute atomic E-state index is 5.59. The molecule has 0 aliphatic rings. The second kappa shape index (κ2) is 14.8. The van der Waals surface area contributed by atoms with E-state index in [0.717, 1.165) is 0 Å². The van der Waals surface area contributed by atoms with Crippen molar-refractivity contribution in [2.24, 2.45) is 0 Å². The first-order chi connectivity index (χ1) is 8.64. The fourth-order valence-electron chi connectivity index (χ4n) is 0.813. The molecule has 0 aliphatic carbocycles. The zero-order chi connectivity index (χ0) is 15.3. The second-order valence-corrected chi connectivity index (χ2v) is 73.6. The van der Waals surface area contributed by atoms with Gasteiger partial charge in [-0.1, -0.05) is 11.8 Å². The first-order valence-corrected chi connectivity index (χ1v) is 37.0. The molecular formula is H18P18S. The van der Waals surface area contributed by atoms with Crippen LogP contribution in [-0.4, -0.2) is 0 Å². The second-order valence-electron chi connectivity index (χ2n) is 2.73. The maximum atomic E-state index is 5.59. The van der Waals surface area contributed by atoms with Gasteiger partial charge in [-0.05, 0) is 41.9 Å². The zero-order valence-corrected chi connectivity index (χ0v) is 28.9. The van der Waals surface area contributed by atoms with Gasteiger partial charge in [0.05, 0.1) is 0 Å². The highest BCUT2D eigenvalue weighted by Gasteiger charge is 2.38. The first kappa shape index (κ1) is 26.8. The Balaban J connectivity index is 5.40. The Morgan fingerprint density at radius 1 is 0.579 bits per heavy atom. The maximum Gasteiger partial charge on any atom is 0.0290 e. The van der Waals surface area contributed by atoms with Crippen LogP contribution >= 0.6 is 143 Å². The van der Waals surface area contributed by atoms with E-state index in [4.69, 9.17) is 11.8 Å². The van der Waals surface area contributed by atoms with E-state index in [0.29, 0.717) is 0 Å². The lowest BCUT2D eigenvalue weighted by Crippen LogP contribution is -1.53. The van der Waals surface area contributed by atoms with E-state index >= 15 is 0 Å². The molecule has 0 heterocycles. The molecule has 0 radical (unpaired) electrons.